The van der Waals surface area contributed by atoms with Crippen molar-refractivity contribution in [2.24, 2.45) is 0 Å². The third-order valence-corrected chi connectivity index (χ3v) is 3.95. The van der Waals surface area contributed by atoms with Crippen LogP contribution in [-0.4, -0.2) is 22.3 Å². The highest BCUT2D eigenvalue weighted by Crippen LogP contribution is 2.18. The number of carbonyl (C=O) groups excluding carboxylic acids is 1. The molecule has 0 aliphatic rings. The van der Waals surface area contributed by atoms with Crippen LogP contribution in [0, 0.1) is 15.9 Å². The van der Waals surface area contributed by atoms with Crippen LogP contribution in [0.3, 0.4) is 0 Å². The van der Waals surface area contributed by atoms with Gasteiger partial charge in [-0.3, -0.25) is 14.9 Å². The molecule has 0 fully saturated rings. The van der Waals surface area contributed by atoms with Gasteiger partial charge < -0.3 is 14.1 Å². The van der Waals surface area contributed by atoms with E-state index in [1.54, 1.807) is 24.3 Å². The second-order valence-corrected chi connectivity index (χ2v) is 6.00. The Hall–Kier alpha value is -3.68. The molecule has 0 atom stereocenters. The molecule has 1 amide bonds. The molecular formula is C20H17FN2O5. The lowest BCUT2D eigenvalue weighted by Gasteiger charge is -2.22. The van der Waals surface area contributed by atoms with Crippen molar-refractivity contribution in [1.82, 2.24) is 4.90 Å². The van der Waals surface area contributed by atoms with Gasteiger partial charge in [0.05, 0.1) is 17.7 Å². The molecule has 28 heavy (non-hydrogen) atoms. The zero-order valence-electron chi connectivity index (χ0n) is 14.8. The number of rotatable bonds is 8. The van der Waals surface area contributed by atoms with Crippen LogP contribution in [0.5, 0.6) is 5.75 Å². The number of carbonyl (C=O) groups is 1. The van der Waals surface area contributed by atoms with Crippen molar-refractivity contribution in [3.8, 4) is 5.75 Å². The Balaban J connectivity index is 1.67. The molecule has 0 N–H and O–H groups in total. The number of furan rings is 1. The van der Waals surface area contributed by atoms with Crippen LogP contribution in [0.2, 0.25) is 0 Å². The number of ether oxygens (including phenoxy) is 1. The maximum absolute atomic E-state index is 13.5. The average Bonchev–Trinajstić information content (AvgIpc) is 3.19. The first-order valence-electron chi connectivity index (χ1n) is 8.43. The molecule has 0 aliphatic carbocycles. The van der Waals surface area contributed by atoms with Crippen molar-refractivity contribution in [2.75, 3.05) is 6.61 Å². The van der Waals surface area contributed by atoms with E-state index in [0.717, 1.165) is 0 Å². The lowest BCUT2D eigenvalue weighted by Crippen LogP contribution is -2.34. The fraction of sp³-hybridized carbons (Fsp3) is 0.150. The van der Waals surface area contributed by atoms with Crippen molar-refractivity contribution < 1.29 is 23.3 Å². The van der Waals surface area contributed by atoms with E-state index in [2.05, 4.69) is 0 Å². The number of halogens is 1. The van der Waals surface area contributed by atoms with Crippen LogP contribution in [0.4, 0.5) is 10.1 Å². The molecular weight excluding hydrogens is 367 g/mol. The summed E-state index contributed by atoms with van der Waals surface area (Å²) < 4.78 is 24.2. The predicted molar refractivity (Wildman–Crippen MR) is 98.0 cm³/mol. The molecule has 0 aliphatic heterocycles. The third-order valence-electron chi connectivity index (χ3n) is 3.95. The minimum absolute atomic E-state index is 0.0655. The summed E-state index contributed by atoms with van der Waals surface area (Å²) in [6.45, 7) is 0.112. The van der Waals surface area contributed by atoms with Crippen molar-refractivity contribution >= 4 is 11.6 Å². The molecule has 0 bridgehead atoms. The summed E-state index contributed by atoms with van der Waals surface area (Å²) in [5.41, 5.74) is 0.569. The Morgan fingerprint density at radius 2 is 1.89 bits per heavy atom. The van der Waals surface area contributed by atoms with Gasteiger partial charge in [-0.1, -0.05) is 12.1 Å². The standard InChI is InChI=1S/C20H17FN2O5/c21-16-4-1-3-15(11-16)12-22(13-19-5-2-10-27-19)20(24)14-28-18-8-6-17(7-9-18)23(25)26/h1-11H,12-14H2. The average molecular weight is 384 g/mol. The number of non-ortho nitro benzene ring substituents is 1. The molecule has 0 saturated carbocycles. The Morgan fingerprint density at radius 3 is 2.54 bits per heavy atom. The molecule has 3 rings (SSSR count). The zero-order valence-corrected chi connectivity index (χ0v) is 14.8. The van der Waals surface area contributed by atoms with Gasteiger partial charge in [0.2, 0.25) is 0 Å². The highest BCUT2D eigenvalue weighted by molar-refractivity contribution is 5.77. The minimum Gasteiger partial charge on any atom is -0.484 e. The summed E-state index contributed by atoms with van der Waals surface area (Å²) in [5.74, 6) is 0.201. The SMILES string of the molecule is O=C(COc1ccc([N+](=O)[O-])cc1)N(Cc1cccc(F)c1)Cc1ccco1. The number of hydrogen-bond donors (Lipinski definition) is 0. The van der Waals surface area contributed by atoms with E-state index in [1.165, 1.54) is 47.6 Å². The van der Waals surface area contributed by atoms with Gasteiger partial charge in [-0.15, -0.1) is 0 Å². The summed E-state index contributed by atoms with van der Waals surface area (Å²) in [6.07, 6.45) is 1.51. The van der Waals surface area contributed by atoms with Crippen LogP contribution in [-0.2, 0) is 17.9 Å². The molecule has 7 nitrogen and oxygen atoms in total. The molecule has 144 valence electrons. The molecule has 0 spiro atoms. The van der Waals surface area contributed by atoms with Crippen LogP contribution >= 0.6 is 0 Å². The van der Waals surface area contributed by atoms with E-state index in [4.69, 9.17) is 9.15 Å². The quantitative estimate of drug-likeness (QED) is 0.434. The molecule has 0 saturated heterocycles. The summed E-state index contributed by atoms with van der Waals surface area (Å²) in [7, 11) is 0. The normalized spacial score (nSPS) is 10.5. The van der Waals surface area contributed by atoms with E-state index < -0.39 is 4.92 Å². The number of amides is 1. The van der Waals surface area contributed by atoms with Crippen molar-refractivity contribution in [2.45, 2.75) is 13.1 Å². The van der Waals surface area contributed by atoms with Gasteiger partial charge in [0.15, 0.2) is 6.61 Å². The number of benzene rings is 2. The number of nitro benzene ring substituents is 1. The highest BCUT2D eigenvalue weighted by Gasteiger charge is 2.17. The van der Waals surface area contributed by atoms with Crippen molar-refractivity contribution in [3.63, 3.8) is 0 Å². The predicted octanol–water partition coefficient (Wildman–Crippen LogP) is 3.93. The van der Waals surface area contributed by atoms with E-state index in [0.29, 0.717) is 17.1 Å². The first-order valence-corrected chi connectivity index (χ1v) is 8.43. The Kier molecular flexibility index (Phi) is 6.01. The van der Waals surface area contributed by atoms with Crippen LogP contribution in [0.25, 0.3) is 0 Å². The monoisotopic (exact) mass is 384 g/mol. The maximum Gasteiger partial charge on any atom is 0.269 e. The molecule has 0 radical (unpaired) electrons. The topological polar surface area (TPSA) is 85.8 Å². The zero-order chi connectivity index (χ0) is 19.9. The summed E-state index contributed by atoms with van der Waals surface area (Å²) in [4.78, 5) is 24.3. The molecule has 3 aromatic rings. The number of nitro groups is 1. The largest absolute Gasteiger partial charge is 0.484 e. The molecule has 0 unspecified atom stereocenters. The lowest BCUT2D eigenvalue weighted by atomic mass is 10.2. The van der Waals surface area contributed by atoms with Gasteiger partial charge in [-0.25, -0.2) is 4.39 Å². The van der Waals surface area contributed by atoms with Gasteiger partial charge in [-0.2, -0.15) is 0 Å². The van der Waals surface area contributed by atoms with Crippen molar-refractivity contribution in [1.29, 1.82) is 0 Å². The third kappa shape index (κ3) is 5.16. The lowest BCUT2D eigenvalue weighted by molar-refractivity contribution is -0.384. The summed E-state index contributed by atoms with van der Waals surface area (Å²) in [6, 6.07) is 14.9. The van der Waals surface area contributed by atoms with Gasteiger partial charge in [-0.05, 0) is 42.0 Å². The van der Waals surface area contributed by atoms with E-state index in [1.807, 2.05) is 0 Å². The first-order chi connectivity index (χ1) is 13.5. The van der Waals surface area contributed by atoms with E-state index in [-0.39, 0.29) is 37.1 Å². The minimum atomic E-state index is -0.515. The fourth-order valence-electron chi connectivity index (χ4n) is 2.58. The van der Waals surface area contributed by atoms with Gasteiger partial charge in [0, 0.05) is 18.7 Å². The fourth-order valence-corrected chi connectivity index (χ4v) is 2.58. The van der Waals surface area contributed by atoms with Crippen LogP contribution in [0.1, 0.15) is 11.3 Å². The van der Waals surface area contributed by atoms with Crippen molar-refractivity contribution in [3.05, 3.63) is 94.2 Å². The molecule has 8 heteroatoms. The Morgan fingerprint density at radius 1 is 1.11 bits per heavy atom. The molecule has 2 aromatic carbocycles. The summed E-state index contributed by atoms with van der Waals surface area (Å²) >= 11 is 0. The maximum atomic E-state index is 13.5. The van der Waals surface area contributed by atoms with Crippen LogP contribution in [0.15, 0.2) is 71.3 Å². The van der Waals surface area contributed by atoms with E-state index >= 15 is 0 Å². The second kappa shape index (κ2) is 8.81. The summed E-state index contributed by atoms with van der Waals surface area (Å²) in [5, 5.41) is 10.7. The molecule has 1 heterocycles. The van der Waals surface area contributed by atoms with E-state index in [9.17, 15) is 19.3 Å². The number of nitrogens with zero attached hydrogens (tertiary/aromatic N) is 2. The smallest absolute Gasteiger partial charge is 0.269 e. The first kappa shape index (κ1) is 19.1. The Bertz CT molecular complexity index is 941. The second-order valence-electron chi connectivity index (χ2n) is 6.00. The van der Waals surface area contributed by atoms with Gasteiger partial charge in [0.25, 0.3) is 11.6 Å². The number of hydrogen-bond acceptors (Lipinski definition) is 5. The van der Waals surface area contributed by atoms with Crippen LogP contribution < -0.4 is 4.74 Å². The van der Waals surface area contributed by atoms with Gasteiger partial charge in [0.1, 0.15) is 17.3 Å². The molecule has 1 aromatic heterocycles. The highest BCUT2D eigenvalue weighted by atomic mass is 19.1. The Labute approximate surface area is 160 Å². The van der Waals surface area contributed by atoms with Gasteiger partial charge >= 0.3 is 0 Å².